The van der Waals surface area contributed by atoms with Gasteiger partial charge in [0.2, 0.25) is 5.91 Å². The number of ether oxygens (including phenoxy) is 2. The number of carbonyl (C=O) groups excluding carboxylic acids is 3. The third kappa shape index (κ3) is 8.44. The maximum Gasteiger partial charge on any atom is 0.410 e. The zero-order valence-electron chi connectivity index (χ0n) is 26.2. The highest BCUT2D eigenvalue weighted by Gasteiger charge is 2.29. The Morgan fingerprint density at radius 3 is 2.61 bits per heavy atom. The fraction of sp³-hybridized carbons (Fsp3) is 0.562. The summed E-state index contributed by atoms with van der Waals surface area (Å²) in [4.78, 5) is 41.7. The maximum atomic E-state index is 15.0. The van der Waals surface area contributed by atoms with E-state index in [-0.39, 0.29) is 42.2 Å². The Labute approximate surface area is 257 Å². The molecule has 4 rings (SSSR count). The Hall–Kier alpha value is -3.77. The first-order chi connectivity index (χ1) is 20.9. The zero-order chi connectivity index (χ0) is 32.0. The van der Waals surface area contributed by atoms with Gasteiger partial charge in [-0.15, -0.1) is 0 Å². The van der Waals surface area contributed by atoms with Crippen LogP contribution >= 0.6 is 0 Å². The molecule has 1 saturated heterocycles. The van der Waals surface area contributed by atoms with Gasteiger partial charge in [0.25, 0.3) is 0 Å². The van der Waals surface area contributed by atoms with Crippen LogP contribution in [0.15, 0.2) is 36.1 Å². The molecule has 11 nitrogen and oxygen atoms in total. The van der Waals surface area contributed by atoms with E-state index in [0.29, 0.717) is 42.6 Å². The van der Waals surface area contributed by atoms with E-state index in [4.69, 9.17) is 9.47 Å². The van der Waals surface area contributed by atoms with Gasteiger partial charge in [-0.25, -0.2) is 9.18 Å². The molecule has 2 aliphatic heterocycles. The standard InChI is InChI=1S/C32H44FN5O6/c1-20-6-8-24(39)17-30(41)44-31(21(2)7-9-28(20)43-32(42)37-12-10-36(5)11-13-37)22(3)14-23-15-26(33)25-18-35-38(27(25)16-23)19-29(40)34-4/h7,9,14-16,18,20-21,24,28,31,39H,6,8,10-13,17,19H2,1-5H3,(H,34,40)/b9-7+,22-14+/t20-,21+,24+,28-,31+/m1/s1. The average Bonchev–Trinajstić information content (AvgIpc) is 3.38. The van der Waals surface area contributed by atoms with Gasteiger partial charge in [-0.1, -0.05) is 26.0 Å². The minimum absolute atomic E-state index is 0.0606. The van der Waals surface area contributed by atoms with Crippen molar-refractivity contribution < 1.29 is 33.4 Å². The molecule has 0 saturated carbocycles. The fourth-order valence-electron chi connectivity index (χ4n) is 5.55. The first-order valence-electron chi connectivity index (χ1n) is 15.2. The topological polar surface area (TPSA) is 126 Å². The highest BCUT2D eigenvalue weighted by molar-refractivity contribution is 5.84. The number of hydrogen-bond donors (Lipinski definition) is 2. The fourth-order valence-corrected chi connectivity index (χ4v) is 5.55. The Morgan fingerprint density at radius 2 is 1.91 bits per heavy atom. The molecule has 0 bridgehead atoms. The molecule has 2 amide bonds. The largest absolute Gasteiger partial charge is 0.457 e. The lowest BCUT2D eigenvalue weighted by molar-refractivity contribution is -0.151. The van der Waals surface area contributed by atoms with Gasteiger partial charge in [0.05, 0.1) is 29.6 Å². The predicted octanol–water partition coefficient (Wildman–Crippen LogP) is 3.36. The summed E-state index contributed by atoms with van der Waals surface area (Å²) in [5.41, 5.74) is 1.62. The number of cyclic esters (lactones) is 1. The number of likely N-dealkylation sites (N-methyl/N-ethyl adjacent to an activating group) is 2. The Bertz CT molecular complexity index is 1400. The Balaban J connectivity index is 1.60. The molecular weight excluding hydrogens is 569 g/mol. The number of hydrogen-bond acceptors (Lipinski definition) is 8. The van der Waals surface area contributed by atoms with Crippen LogP contribution in [0.3, 0.4) is 0 Å². The van der Waals surface area contributed by atoms with Crippen molar-refractivity contribution in [2.75, 3.05) is 40.3 Å². The van der Waals surface area contributed by atoms with Crippen molar-refractivity contribution in [3.8, 4) is 0 Å². The van der Waals surface area contributed by atoms with Crippen LogP contribution in [0.5, 0.6) is 0 Å². The second kappa shape index (κ2) is 14.8. The molecule has 2 aromatic rings. The van der Waals surface area contributed by atoms with Crippen LogP contribution in [0.25, 0.3) is 17.0 Å². The van der Waals surface area contributed by atoms with Crippen molar-refractivity contribution in [2.45, 2.75) is 64.9 Å². The Morgan fingerprint density at radius 1 is 1.18 bits per heavy atom. The summed E-state index contributed by atoms with van der Waals surface area (Å²) in [6.07, 6.45) is 5.04. The summed E-state index contributed by atoms with van der Waals surface area (Å²) in [5, 5.41) is 17.6. The van der Waals surface area contributed by atoms with E-state index >= 15 is 4.39 Å². The molecule has 0 unspecified atom stereocenters. The number of halogens is 1. The van der Waals surface area contributed by atoms with Gasteiger partial charge in [-0.2, -0.15) is 5.10 Å². The molecule has 240 valence electrons. The van der Waals surface area contributed by atoms with Crippen molar-refractivity contribution >= 4 is 34.9 Å². The Kier molecular flexibility index (Phi) is 11.1. The number of nitrogens with zero attached hydrogens (tertiary/aromatic N) is 4. The lowest BCUT2D eigenvalue weighted by atomic mass is 9.91. The van der Waals surface area contributed by atoms with Crippen molar-refractivity contribution in [3.05, 3.63) is 47.4 Å². The molecule has 2 aliphatic rings. The number of carbonyl (C=O) groups is 3. The van der Waals surface area contributed by atoms with Crippen molar-refractivity contribution in [1.29, 1.82) is 0 Å². The van der Waals surface area contributed by atoms with Crippen molar-refractivity contribution in [1.82, 2.24) is 24.9 Å². The SMILES string of the molecule is CNC(=O)Cn1ncc2c(F)cc(/C=C(\C)[C@H]3OC(=O)C[C@@H](O)CC[C@@H](C)[C@H](OC(=O)N4CCN(C)CC4)/C=C/[C@@H]3C)cc21. The highest BCUT2D eigenvalue weighted by Crippen LogP contribution is 2.27. The van der Waals surface area contributed by atoms with E-state index < -0.39 is 30.1 Å². The van der Waals surface area contributed by atoms with Crippen LogP contribution in [0.1, 0.15) is 45.6 Å². The summed E-state index contributed by atoms with van der Waals surface area (Å²) in [7, 11) is 3.54. The van der Waals surface area contributed by atoms with Crippen LogP contribution in [0.2, 0.25) is 0 Å². The molecule has 2 N–H and O–H groups in total. The average molecular weight is 614 g/mol. The summed E-state index contributed by atoms with van der Waals surface area (Å²) in [6.45, 7) is 8.33. The highest BCUT2D eigenvalue weighted by atomic mass is 19.1. The molecular formula is C32H44FN5O6. The first-order valence-corrected chi connectivity index (χ1v) is 15.2. The van der Waals surface area contributed by atoms with Crippen molar-refractivity contribution in [3.63, 3.8) is 0 Å². The summed E-state index contributed by atoms with van der Waals surface area (Å²) >= 11 is 0. The predicted molar refractivity (Wildman–Crippen MR) is 164 cm³/mol. The molecule has 12 heteroatoms. The monoisotopic (exact) mass is 613 g/mol. The van der Waals surface area contributed by atoms with Gasteiger partial charge < -0.3 is 29.7 Å². The van der Waals surface area contributed by atoms with E-state index in [9.17, 15) is 19.5 Å². The molecule has 1 fully saturated rings. The van der Waals surface area contributed by atoms with E-state index in [1.165, 1.54) is 24.0 Å². The number of aliphatic hydroxyl groups excluding tert-OH is 1. The number of nitrogens with one attached hydrogen (secondary N) is 1. The number of benzene rings is 1. The lowest BCUT2D eigenvalue weighted by Crippen LogP contribution is -2.48. The normalized spacial score (nSPS) is 26.8. The number of esters is 1. The molecule has 0 radical (unpaired) electrons. The molecule has 44 heavy (non-hydrogen) atoms. The third-order valence-electron chi connectivity index (χ3n) is 8.41. The second-order valence-corrected chi connectivity index (χ2v) is 12.0. The van der Waals surface area contributed by atoms with Gasteiger partial charge >= 0.3 is 12.1 Å². The molecule has 1 aromatic heterocycles. The van der Waals surface area contributed by atoms with Gasteiger partial charge in [0.15, 0.2) is 0 Å². The van der Waals surface area contributed by atoms with E-state index in [0.717, 1.165) is 13.1 Å². The van der Waals surface area contributed by atoms with Crippen LogP contribution in [-0.4, -0.2) is 101 Å². The van der Waals surface area contributed by atoms with Gasteiger partial charge in [0, 0.05) is 39.1 Å². The first kappa shape index (κ1) is 33.1. The minimum Gasteiger partial charge on any atom is -0.457 e. The van der Waals surface area contributed by atoms with Crippen molar-refractivity contribution in [2.24, 2.45) is 11.8 Å². The van der Waals surface area contributed by atoms with Gasteiger partial charge in [-0.05, 0) is 62.1 Å². The molecule has 5 atom stereocenters. The zero-order valence-corrected chi connectivity index (χ0v) is 26.2. The number of aliphatic hydroxyl groups is 1. The number of amides is 2. The number of fused-ring (bicyclic) bond motifs is 1. The van der Waals surface area contributed by atoms with Crippen LogP contribution in [-0.2, 0) is 25.6 Å². The number of piperazine rings is 1. The summed E-state index contributed by atoms with van der Waals surface area (Å²) in [5.74, 6) is -1.72. The smallest absolute Gasteiger partial charge is 0.410 e. The van der Waals surface area contributed by atoms with Gasteiger partial charge in [0.1, 0.15) is 24.6 Å². The quantitative estimate of drug-likeness (QED) is 0.389. The molecule has 0 aliphatic carbocycles. The lowest BCUT2D eigenvalue weighted by Gasteiger charge is -2.33. The minimum atomic E-state index is -0.903. The number of aromatic nitrogens is 2. The summed E-state index contributed by atoms with van der Waals surface area (Å²) in [6, 6.07) is 3.10. The molecule has 3 heterocycles. The second-order valence-electron chi connectivity index (χ2n) is 12.0. The van der Waals surface area contributed by atoms with E-state index in [1.807, 2.05) is 33.0 Å². The third-order valence-corrected chi connectivity index (χ3v) is 8.41. The molecule has 0 spiro atoms. The van der Waals surface area contributed by atoms with Crippen LogP contribution in [0, 0.1) is 17.7 Å². The van der Waals surface area contributed by atoms with Crippen LogP contribution < -0.4 is 5.32 Å². The number of rotatable bonds is 5. The summed E-state index contributed by atoms with van der Waals surface area (Å²) < 4.78 is 28.3. The maximum absolute atomic E-state index is 15.0. The van der Waals surface area contributed by atoms with E-state index in [2.05, 4.69) is 15.3 Å². The van der Waals surface area contributed by atoms with Gasteiger partial charge in [-0.3, -0.25) is 14.3 Å². The van der Waals surface area contributed by atoms with Crippen LogP contribution in [0.4, 0.5) is 9.18 Å². The van der Waals surface area contributed by atoms with E-state index in [1.54, 1.807) is 24.0 Å². The molecule has 1 aromatic carbocycles.